The van der Waals surface area contributed by atoms with Crippen LogP contribution in [0.2, 0.25) is 0 Å². The second-order valence-electron chi connectivity index (χ2n) is 5.15. The Bertz CT molecular complexity index is 463. The van der Waals surface area contributed by atoms with Gasteiger partial charge in [0.15, 0.2) is 0 Å². The Hall–Kier alpha value is -1.17. The van der Waals surface area contributed by atoms with Crippen LogP contribution < -0.4 is 9.64 Å². The van der Waals surface area contributed by atoms with Crippen LogP contribution in [0, 0.1) is 0 Å². The summed E-state index contributed by atoms with van der Waals surface area (Å²) in [6.07, 6.45) is 0. The van der Waals surface area contributed by atoms with Gasteiger partial charge in [0, 0.05) is 31.9 Å². The molecule has 0 aromatic heterocycles. The minimum Gasteiger partial charge on any atom is -0.497 e. The summed E-state index contributed by atoms with van der Waals surface area (Å²) in [5.74, 6) is 0.740. The molecule has 1 saturated heterocycles. The molecule has 0 radical (unpaired) electrons. The standard InChI is InChI=1S/C16H24N2O3.2ClH/c1-4-21-16(19)13(2)17-9-11-18(12-10-17)14-5-7-15(20-3)8-6-14;;/h5-8,13H,4,9-12H2,1-3H3;2*1H. The van der Waals surface area contributed by atoms with Gasteiger partial charge in [-0.3, -0.25) is 9.69 Å². The SMILES string of the molecule is CCOC(=O)C(C)N1CCN(c2ccc(OC)cc2)CC1.Cl.Cl. The number of carbonyl (C=O) groups excluding carboxylic acids is 1. The summed E-state index contributed by atoms with van der Waals surface area (Å²) in [5.41, 5.74) is 1.19. The average molecular weight is 365 g/mol. The lowest BCUT2D eigenvalue weighted by Crippen LogP contribution is -2.52. The van der Waals surface area contributed by atoms with Crippen molar-refractivity contribution in [3.05, 3.63) is 24.3 Å². The minimum absolute atomic E-state index is 0. The van der Waals surface area contributed by atoms with Crippen molar-refractivity contribution in [2.45, 2.75) is 19.9 Å². The van der Waals surface area contributed by atoms with E-state index in [1.165, 1.54) is 5.69 Å². The second-order valence-corrected chi connectivity index (χ2v) is 5.15. The average Bonchev–Trinajstić information content (AvgIpc) is 2.54. The number of hydrogen-bond acceptors (Lipinski definition) is 5. The van der Waals surface area contributed by atoms with Crippen LogP contribution in [0.25, 0.3) is 0 Å². The maximum absolute atomic E-state index is 11.8. The second kappa shape index (κ2) is 10.6. The van der Waals surface area contributed by atoms with Crippen molar-refractivity contribution in [2.24, 2.45) is 0 Å². The number of nitrogens with zero attached hydrogens (tertiary/aromatic N) is 2. The number of benzene rings is 1. The van der Waals surface area contributed by atoms with Gasteiger partial charge in [-0.15, -0.1) is 24.8 Å². The molecule has 1 aromatic rings. The molecule has 1 heterocycles. The van der Waals surface area contributed by atoms with Crippen molar-refractivity contribution in [1.29, 1.82) is 0 Å². The number of halogens is 2. The van der Waals surface area contributed by atoms with E-state index < -0.39 is 0 Å². The topological polar surface area (TPSA) is 42.0 Å². The van der Waals surface area contributed by atoms with E-state index in [9.17, 15) is 4.79 Å². The molecule has 1 atom stereocenters. The smallest absolute Gasteiger partial charge is 0.323 e. The van der Waals surface area contributed by atoms with E-state index in [1.807, 2.05) is 26.0 Å². The monoisotopic (exact) mass is 364 g/mol. The Balaban J connectivity index is 0.00000242. The molecule has 5 nitrogen and oxygen atoms in total. The van der Waals surface area contributed by atoms with Crippen molar-refractivity contribution in [3.8, 4) is 5.75 Å². The van der Waals surface area contributed by atoms with Gasteiger partial charge in [0.1, 0.15) is 11.8 Å². The first-order valence-corrected chi connectivity index (χ1v) is 7.45. The summed E-state index contributed by atoms with van der Waals surface area (Å²) in [6.45, 7) is 7.76. The van der Waals surface area contributed by atoms with E-state index in [0.29, 0.717) is 6.61 Å². The molecule has 0 saturated carbocycles. The first-order valence-electron chi connectivity index (χ1n) is 7.45. The fraction of sp³-hybridized carbons (Fsp3) is 0.562. The third kappa shape index (κ3) is 5.75. The number of ether oxygens (including phenoxy) is 2. The first-order chi connectivity index (χ1) is 10.2. The number of methoxy groups -OCH3 is 1. The maximum Gasteiger partial charge on any atom is 0.323 e. The van der Waals surface area contributed by atoms with Gasteiger partial charge in [-0.2, -0.15) is 0 Å². The maximum atomic E-state index is 11.8. The van der Waals surface area contributed by atoms with Crippen molar-refractivity contribution >= 4 is 36.5 Å². The van der Waals surface area contributed by atoms with Gasteiger partial charge in [-0.1, -0.05) is 0 Å². The molecule has 1 aromatic carbocycles. The van der Waals surface area contributed by atoms with Crippen molar-refractivity contribution in [3.63, 3.8) is 0 Å². The van der Waals surface area contributed by atoms with Crippen LogP contribution in [0.15, 0.2) is 24.3 Å². The van der Waals surface area contributed by atoms with Crippen LogP contribution in [0.3, 0.4) is 0 Å². The summed E-state index contributed by atoms with van der Waals surface area (Å²) in [6, 6.07) is 7.93. The van der Waals surface area contributed by atoms with E-state index in [0.717, 1.165) is 31.9 Å². The van der Waals surface area contributed by atoms with E-state index in [-0.39, 0.29) is 36.8 Å². The Kier molecular flexibility index (Phi) is 10.0. The number of anilines is 1. The molecule has 0 bridgehead atoms. The highest BCUT2D eigenvalue weighted by atomic mass is 35.5. The fourth-order valence-electron chi connectivity index (χ4n) is 2.57. The fourth-order valence-corrected chi connectivity index (χ4v) is 2.57. The highest BCUT2D eigenvalue weighted by molar-refractivity contribution is 5.85. The Morgan fingerprint density at radius 2 is 1.70 bits per heavy atom. The van der Waals surface area contributed by atoms with Gasteiger partial charge >= 0.3 is 5.97 Å². The number of rotatable bonds is 5. The summed E-state index contributed by atoms with van der Waals surface area (Å²) in [4.78, 5) is 16.3. The Labute approximate surface area is 150 Å². The molecule has 0 N–H and O–H groups in total. The van der Waals surface area contributed by atoms with Crippen LogP contribution in [0.4, 0.5) is 5.69 Å². The lowest BCUT2D eigenvalue weighted by Gasteiger charge is -2.38. The Morgan fingerprint density at radius 3 is 2.17 bits per heavy atom. The molecule has 132 valence electrons. The quantitative estimate of drug-likeness (QED) is 0.751. The molecule has 1 unspecified atom stereocenters. The molecule has 2 rings (SSSR count). The molecule has 1 fully saturated rings. The largest absolute Gasteiger partial charge is 0.497 e. The zero-order chi connectivity index (χ0) is 15.2. The highest BCUT2D eigenvalue weighted by Crippen LogP contribution is 2.21. The molecule has 7 heteroatoms. The van der Waals surface area contributed by atoms with E-state index in [1.54, 1.807) is 7.11 Å². The molecule has 1 aliphatic rings. The van der Waals surface area contributed by atoms with Crippen LogP contribution in [-0.2, 0) is 9.53 Å². The van der Waals surface area contributed by atoms with Gasteiger partial charge in [0.25, 0.3) is 0 Å². The third-order valence-corrected chi connectivity index (χ3v) is 3.93. The molecule has 23 heavy (non-hydrogen) atoms. The zero-order valence-electron chi connectivity index (χ0n) is 13.9. The summed E-state index contributed by atoms with van der Waals surface area (Å²) >= 11 is 0. The number of carbonyl (C=O) groups is 1. The molecular weight excluding hydrogens is 339 g/mol. The summed E-state index contributed by atoms with van der Waals surface area (Å²) in [5, 5.41) is 0. The van der Waals surface area contributed by atoms with Crippen LogP contribution in [-0.4, -0.2) is 56.8 Å². The van der Waals surface area contributed by atoms with Gasteiger partial charge in [-0.05, 0) is 38.1 Å². The number of esters is 1. The molecule has 0 spiro atoms. The minimum atomic E-state index is -0.164. The van der Waals surface area contributed by atoms with Gasteiger partial charge in [-0.25, -0.2) is 0 Å². The molecule has 0 aliphatic carbocycles. The lowest BCUT2D eigenvalue weighted by atomic mass is 10.2. The van der Waals surface area contributed by atoms with Gasteiger partial charge < -0.3 is 14.4 Å². The summed E-state index contributed by atoms with van der Waals surface area (Å²) < 4.78 is 10.3. The van der Waals surface area contributed by atoms with Gasteiger partial charge in [0.05, 0.1) is 13.7 Å². The first kappa shape index (κ1) is 21.8. The number of hydrogen-bond donors (Lipinski definition) is 0. The predicted molar refractivity (Wildman–Crippen MR) is 97.4 cm³/mol. The van der Waals surface area contributed by atoms with Crippen molar-refractivity contribution in [1.82, 2.24) is 4.90 Å². The lowest BCUT2D eigenvalue weighted by molar-refractivity contribution is -0.149. The van der Waals surface area contributed by atoms with Crippen molar-refractivity contribution < 1.29 is 14.3 Å². The molecule has 1 aliphatic heterocycles. The van der Waals surface area contributed by atoms with Crippen molar-refractivity contribution in [2.75, 3.05) is 44.8 Å². The van der Waals surface area contributed by atoms with E-state index >= 15 is 0 Å². The van der Waals surface area contributed by atoms with E-state index in [2.05, 4.69) is 21.9 Å². The van der Waals surface area contributed by atoms with Crippen LogP contribution in [0.1, 0.15) is 13.8 Å². The van der Waals surface area contributed by atoms with E-state index in [4.69, 9.17) is 9.47 Å². The predicted octanol–water partition coefficient (Wildman–Crippen LogP) is 2.61. The molecular formula is C16H26Cl2N2O3. The Morgan fingerprint density at radius 1 is 1.13 bits per heavy atom. The number of piperazine rings is 1. The van der Waals surface area contributed by atoms with Gasteiger partial charge in [0.2, 0.25) is 0 Å². The highest BCUT2D eigenvalue weighted by Gasteiger charge is 2.26. The van der Waals surface area contributed by atoms with Crippen LogP contribution in [0.5, 0.6) is 5.75 Å². The molecule has 0 amide bonds. The summed E-state index contributed by atoms with van der Waals surface area (Å²) in [7, 11) is 1.67. The zero-order valence-corrected chi connectivity index (χ0v) is 15.5. The normalized spacial score (nSPS) is 15.9. The third-order valence-electron chi connectivity index (χ3n) is 3.93. The van der Waals surface area contributed by atoms with Crippen LogP contribution >= 0.6 is 24.8 Å².